The summed E-state index contributed by atoms with van der Waals surface area (Å²) >= 11 is 0. The Labute approximate surface area is 148 Å². The molecule has 1 aromatic heterocycles. The summed E-state index contributed by atoms with van der Waals surface area (Å²) in [5.74, 6) is 1.98. The molecule has 25 heavy (non-hydrogen) atoms. The first kappa shape index (κ1) is 16.6. The van der Waals surface area contributed by atoms with Gasteiger partial charge >= 0.3 is 0 Å². The number of anilines is 2. The Bertz CT molecular complexity index is 646. The number of rotatable bonds is 3. The van der Waals surface area contributed by atoms with Crippen molar-refractivity contribution in [2.75, 3.05) is 55.7 Å². The van der Waals surface area contributed by atoms with E-state index in [2.05, 4.69) is 28.1 Å². The van der Waals surface area contributed by atoms with Crippen LogP contribution in [0.3, 0.4) is 0 Å². The Kier molecular flexibility index (Phi) is 4.50. The fourth-order valence-electron chi connectivity index (χ4n) is 4.10. The molecule has 4 rings (SSSR count). The predicted molar refractivity (Wildman–Crippen MR) is 95.9 cm³/mol. The lowest BCUT2D eigenvalue weighted by Gasteiger charge is -2.32. The van der Waals surface area contributed by atoms with Crippen molar-refractivity contribution in [3.05, 3.63) is 11.8 Å². The summed E-state index contributed by atoms with van der Waals surface area (Å²) in [6.45, 7) is 7.70. The second-order valence-electron chi connectivity index (χ2n) is 7.28. The van der Waals surface area contributed by atoms with Crippen LogP contribution in [-0.4, -0.2) is 61.8 Å². The van der Waals surface area contributed by atoms with E-state index in [1.165, 1.54) is 0 Å². The summed E-state index contributed by atoms with van der Waals surface area (Å²) in [7, 11) is 0. The molecule has 0 aliphatic carbocycles. The van der Waals surface area contributed by atoms with Crippen LogP contribution in [0.25, 0.3) is 0 Å². The minimum absolute atomic E-state index is 0.222. The fraction of sp³-hybridized carbons (Fsp3) is 0.722. The molecule has 0 aromatic carbocycles. The minimum atomic E-state index is -0.227. The molecule has 3 aliphatic heterocycles. The number of morpholine rings is 1. The number of aryl methyl sites for hydroxylation is 1. The molecule has 1 spiro atoms. The van der Waals surface area contributed by atoms with Gasteiger partial charge in [0.2, 0.25) is 11.9 Å². The molecular formula is C18H27N5O2. The third-order valence-electron chi connectivity index (χ3n) is 5.69. The van der Waals surface area contributed by atoms with Crippen LogP contribution in [0.4, 0.5) is 11.8 Å². The van der Waals surface area contributed by atoms with Crippen LogP contribution >= 0.6 is 0 Å². The number of ether oxygens (including phenoxy) is 1. The van der Waals surface area contributed by atoms with Gasteiger partial charge in [0.05, 0.1) is 18.6 Å². The highest BCUT2D eigenvalue weighted by molar-refractivity contribution is 5.84. The van der Waals surface area contributed by atoms with Crippen molar-refractivity contribution in [3.63, 3.8) is 0 Å². The van der Waals surface area contributed by atoms with Gasteiger partial charge in [-0.05, 0) is 25.7 Å². The van der Waals surface area contributed by atoms with Crippen LogP contribution < -0.4 is 15.1 Å². The standard InChI is InChI=1S/C18H27N5O2/c1-2-14-12-15(21-17(20-14)22-8-10-25-11-9-22)23-7-5-18(13-23)4-3-6-19-16(18)24/h12H,2-11,13H2,1H3,(H,19,24)/t18-/m0/s1. The quantitative estimate of drug-likeness (QED) is 0.881. The van der Waals surface area contributed by atoms with E-state index >= 15 is 0 Å². The van der Waals surface area contributed by atoms with Crippen molar-refractivity contribution in [1.29, 1.82) is 0 Å². The molecule has 1 N–H and O–H groups in total. The largest absolute Gasteiger partial charge is 0.378 e. The highest BCUT2D eigenvalue weighted by Crippen LogP contribution is 2.39. The number of carbonyl (C=O) groups excluding carboxylic acids is 1. The van der Waals surface area contributed by atoms with Crippen molar-refractivity contribution in [2.24, 2.45) is 5.41 Å². The summed E-state index contributed by atoms with van der Waals surface area (Å²) in [6.07, 6.45) is 3.85. The van der Waals surface area contributed by atoms with E-state index in [1.807, 2.05) is 0 Å². The van der Waals surface area contributed by atoms with Gasteiger partial charge in [-0.15, -0.1) is 0 Å². The maximum Gasteiger partial charge on any atom is 0.228 e. The van der Waals surface area contributed by atoms with Crippen LogP contribution in [0.15, 0.2) is 6.07 Å². The van der Waals surface area contributed by atoms with Crippen molar-refractivity contribution < 1.29 is 9.53 Å². The first-order valence-corrected chi connectivity index (χ1v) is 9.44. The van der Waals surface area contributed by atoms with Gasteiger partial charge in [-0.25, -0.2) is 4.98 Å². The van der Waals surface area contributed by atoms with Gasteiger partial charge in [0, 0.05) is 44.5 Å². The molecule has 1 aromatic rings. The second kappa shape index (κ2) is 6.78. The topological polar surface area (TPSA) is 70.6 Å². The zero-order valence-corrected chi connectivity index (χ0v) is 15.0. The highest BCUT2D eigenvalue weighted by Gasteiger charge is 2.46. The smallest absolute Gasteiger partial charge is 0.228 e. The van der Waals surface area contributed by atoms with Gasteiger partial charge in [0.1, 0.15) is 5.82 Å². The SMILES string of the molecule is CCc1cc(N2CC[C@@]3(CCCNC3=O)C2)nc(N2CCOCC2)n1. The summed E-state index contributed by atoms with van der Waals surface area (Å²) < 4.78 is 5.44. The molecule has 3 aliphatic rings. The van der Waals surface area contributed by atoms with Crippen molar-refractivity contribution in [1.82, 2.24) is 15.3 Å². The second-order valence-corrected chi connectivity index (χ2v) is 7.28. The summed E-state index contributed by atoms with van der Waals surface area (Å²) in [6, 6.07) is 2.09. The Morgan fingerprint density at radius 3 is 2.80 bits per heavy atom. The van der Waals surface area contributed by atoms with E-state index in [0.29, 0.717) is 0 Å². The molecule has 4 heterocycles. The molecule has 136 valence electrons. The van der Waals surface area contributed by atoms with E-state index in [1.54, 1.807) is 0 Å². The molecule has 7 nitrogen and oxygen atoms in total. The molecule has 0 radical (unpaired) electrons. The Morgan fingerprint density at radius 1 is 1.20 bits per heavy atom. The number of piperidine rings is 1. The minimum Gasteiger partial charge on any atom is -0.378 e. The molecule has 0 saturated carbocycles. The average Bonchev–Trinajstić information content (AvgIpc) is 3.10. The van der Waals surface area contributed by atoms with Gasteiger partial charge < -0.3 is 19.9 Å². The lowest BCUT2D eigenvalue weighted by atomic mass is 9.79. The van der Waals surface area contributed by atoms with Crippen LogP contribution in [-0.2, 0) is 16.0 Å². The number of nitrogens with zero attached hydrogens (tertiary/aromatic N) is 4. The normalized spacial score (nSPS) is 27.0. The van der Waals surface area contributed by atoms with E-state index < -0.39 is 0 Å². The molecule has 1 amide bonds. The van der Waals surface area contributed by atoms with Crippen LogP contribution in [0, 0.1) is 5.41 Å². The number of hydrogen-bond donors (Lipinski definition) is 1. The molecule has 0 bridgehead atoms. The lowest BCUT2D eigenvalue weighted by Crippen LogP contribution is -2.47. The van der Waals surface area contributed by atoms with E-state index in [0.717, 1.165) is 89.1 Å². The first-order valence-electron chi connectivity index (χ1n) is 9.44. The summed E-state index contributed by atoms with van der Waals surface area (Å²) in [5, 5.41) is 3.05. The molecule has 3 saturated heterocycles. The Balaban J connectivity index is 1.58. The maximum absolute atomic E-state index is 12.4. The van der Waals surface area contributed by atoms with Crippen LogP contribution in [0.2, 0.25) is 0 Å². The maximum atomic E-state index is 12.4. The fourth-order valence-corrected chi connectivity index (χ4v) is 4.10. The van der Waals surface area contributed by atoms with Gasteiger partial charge in [-0.1, -0.05) is 6.92 Å². The zero-order valence-electron chi connectivity index (χ0n) is 15.0. The molecular weight excluding hydrogens is 318 g/mol. The molecule has 7 heteroatoms. The Morgan fingerprint density at radius 2 is 2.04 bits per heavy atom. The van der Waals surface area contributed by atoms with E-state index in [9.17, 15) is 4.79 Å². The summed E-state index contributed by atoms with van der Waals surface area (Å²) in [4.78, 5) is 26.5. The van der Waals surface area contributed by atoms with E-state index in [-0.39, 0.29) is 11.3 Å². The third-order valence-corrected chi connectivity index (χ3v) is 5.69. The summed E-state index contributed by atoms with van der Waals surface area (Å²) in [5.41, 5.74) is 0.829. The van der Waals surface area contributed by atoms with Crippen LogP contribution in [0.5, 0.6) is 0 Å². The van der Waals surface area contributed by atoms with Gasteiger partial charge in [0.25, 0.3) is 0 Å². The van der Waals surface area contributed by atoms with Crippen molar-refractivity contribution in [3.8, 4) is 0 Å². The van der Waals surface area contributed by atoms with Gasteiger partial charge in [-0.3, -0.25) is 4.79 Å². The Hall–Kier alpha value is -1.89. The van der Waals surface area contributed by atoms with Gasteiger partial charge in [0.15, 0.2) is 0 Å². The molecule has 3 fully saturated rings. The number of amides is 1. The number of hydrogen-bond acceptors (Lipinski definition) is 6. The monoisotopic (exact) mass is 345 g/mol. The third kappa shape index (κ3) is 3.17. The lowest BCUT2D eigenvalue weighted by molar-refractivity contribution is -0.132. The molecule has 0 unspecified atom stereocenters. The van der Waals surface area contributed by atoms with Crippen molar-refractivity contribution in [2.45, 2.75) is 32.6 Å². The predicted octanol–water partition coefficient (Wildman–Crippen LogP) is 0.982. The average molecular weight is 345 g/mol. The zero-order chi connectivity index (χ0) is 17.3. The molecule has 1 atom stereocenters. The highest BCUT2D eigenvalue weighted by atomic mass is 16.5. The van der Waals surface area contributed by atoms with E-state index in [4.69, 9.17) is 14.7 Å². The van der Waals surface area contributed by atoms with Crippen molar-refractivity contribution >= 4 is 17.7 Å². The first-order chi connectivity index (χ1) is 12.2. The van der Waals surface area contributed by atoms with Gasteiger partial charge in [-0.2, -0.15) is 4.98 Å². The van der Waals surface area contributed by atoms with Crippen LogP contribution in [0.1, 0.15) is 31.9 Å². The number of aromatic nitrogens is 2. The number of carbonyl (C=O) groups is 1. The number of nitrogens with one attached hydrogen (secondary N) is 1.